The average Bonchev–Trinajstić information content (AvgIpc) is 3.40. The van der Waals surface area contributed by atoms with Gasteiger partial charge in [0.2, 0.25) is 0 Å². The molecule has 170 valence electrons. The molecule has 0 amide bonds. The van der Waals surface area contributed by atoms with Crippen molar-refractivity contribution >= 4 is 18.4 Å². The molecule has 0 aromatic heterocycles. The lowest BCUT2D eigenvalue weighted by Gasteiger charge is -2.39. The number of hydrogen-bond donors (Lipinski definition) is 0. The molecule has 2 saturated heterocycles. The molecule has 3 aliphatic rings. The van der Waals surface area contributed by atoms with E-state index in [1.165, 1.54) is 12.8 Å². The molecule has 0 N–H and O–H groups in total. The molecule has 8 heteroatoms. The molecule has 29 heavy (non-hydrogen) atoms. The van der Waals surface area contributed by atoms with Crippen LogP contribution in [0, 0.1) is 11.8 Å². The lowest BCUT2D eigenvalue weighted by molar-refractivity contribution is -0.185. The SMILES string of the molecule is CCOC(=O)C1CCC(OC(N2CCCC2)N2CC[C@H](C(OC)OC)C2)CC1.Cl. The maximum Gasteiger partial charge on any atom is 0.308 e. The molecule has 3 rings (SSSR count). The highest BCUT2D eigenvalue weighted by atomic mass is 35.5. The first-order valence-electron chi connectivity index (χ1n) is 11.0. The van der Waals surface area contributed by atoms with Crippen LogP contribution in [0.5, 0.6) is 0 Å². The molecule has 0 aromatic rings. The molecule has 1 saturated carbocycles. The van der Waals surface area contributed by atoms with Gasteiger partial charge in [0.05, 0.1) is 18.6 Å². The van der Waals surface area contributed by atoms with Gasteiger partial charge in [-0.15, -0.1) is 12.4 Å². The number of nitrogens with zero attached hydrogens (tertiary/aromatic N) is 2. The lowest BCUT2D eigenvalue weighted by atomic mass is 9.87. The van der Waals surface area contributed by atoms with Crippen molar-refractivity contribution in [2.45, 2.75) is 70.6 Å². The van der Waals surface area contributed by atoms with Gasteiger partial charge in [0.25, 0.3) is 0 Å². The second-order valence-electron chi connectivity index (χ2n) is 8.31. The third kappa shape index (κ3) is 6.52. The number of hydrogen-bond acceptors (Lipinski definition) is 7. The molecular weight excluding hydrogens is 396 g/mol. The maximum atomic E-state index is 12.0. The van der Waals surface area contributed by atoms with Crippen LogP contribution in [0.15, 0.2) is 0 Å². The normalized spacial score (nSPS) is 29.7. The molecule has 0 bridgehead atoms. The van der Waals surface area contributed by atoms with Crippen LogP contribution < -0.4 is 0 Å². The van der Waals surface area contributed by atoms with Crippen LogP contribution in [-0.4, -0.2) is 81.5 Å². The third-order valence-corrected chi connectivity index (χ3v) is 6.48. The van der Waals surface area contributed by atoms with E-state index in [-0.39, 0.29) is 43.0 Å². The van der Waals surface area contributed by atoms with E-state index in [2.05, 4.69) is 9.80 Å². The summed E-state index contributed by atoms with van der Waals surface area (Å²) in [6.45, 7) is 6.48. The Morgan fingerprint density at radius 3 is 2.21 bits per heavy atom. The highest BCUT2D eigenvalue weighted by Crippen LogP contribution is 2.32. The highest BCUT2D eigenvalue weighted by Gasteiger charge is 2.39. The van der Waals surface area contributed by atoms with E-state index < -0.39 is 0 Å². The Morgan fingerprint density at radius 2 is 1.62 bits per heavy atom. The average molecular weight is 435 g/mol. The summed E-state index contributed by atoms with van der Waals surface area (Å²) in [6.07, 6.45) is 7.26. The first kappa shape index (κ1) is 24.8. The maximum absolute atomic E-state index is 12.0. The number of esters is 1. The van der Waals surface area contributed by atoms with Crippen molar-refractivity contribution < 1.29 is 23.7 Å². The van der Waals surface area contributed by atoms with Crippen LogP contribution in [0.3, 0.4) is 0 Å². The molecular formula is C21H39ClN2O5. The van der Waals surface area contributed by atoms with E-state index in [0.29, 0.717) is 12.5 Å². The Hall–Kier alpha value is -0.440. The second kappa shape index (κ2) is 12.4. The number of halogens is 1. The van der Waals surface area contributed by atoms with Crippen molar-refractivity contribution in [1.29, 1.82) is 0 Å². The summed E-state index contributed by atoms with van der Waals surface area (Å²) >= 11 is 0. The van der Waals surface area contributed by atoms with Gasteiger partial charge in [-0.2, -0.15) is 0 Å². The van der Waals surface area contributed by atoms with Crippen LogP contribution >= 0.6 is 12.4 Å². The van der Waals surface area contributed by atoms with Gasteiger partial charge < -0.3 is 18.9 Å². The van der Waals surface area contributed by atoms with E-state index in [4.69, 9.17) is 18.9 Å². The summed E-state index contributed by atoms with van der Waals surface area (Å²) in [6, 6.07) is 0. The monoisotopic (exact) mass is 434 g/mol. The van der Waals surface area contributed by atoms with Crippen molar-refractivity contribution in [2.75, 3.05) is 47.0 Å². The fourth-order valence-corrected chi connectivity index (χ4v) is 4.95. The number of carbonyl (C=O) groups is 1. The predicted molar refractivity (Wildman–Crippen MR) is 113 cm³/mol. The minimum Gasteiger partial charge on any atom is -0.466 e. The number of ether oxygens (including phenoxy) is 4. The van der Waals surface area contributed by atoms with Crippen molar-refractivity contribution in [2.24, 2.45) is 11.8 Å². The molecule has 2 atom stereocenters. The van der Waals surface area contributed by atoms with Crippen LogP contribution in [0.25, 0.3) is 0 Å². The molecule has 0 aromatic carbocycles. The molecule has 1 unspecified atom stereocenters. The molecule has 0 spiro atoms. The molecule has 2 heterocycles. The second-order valence-corrected chi connectivity index (χ2v) is 8.31. The quantitative estimate of drug-likeness (QED) is 0.408. The minimum atomic E-state index is -0.149. The highest BCUT2D eigenvalue weighted by molar-refractivity contribution is 5.85. The summed E-state index contributed by atoms with van der Waals surface area (Å²) in [4.78, 5) is 16.9. The minimum absolute atomic E-state index is 0. The van der Waals surface area contributed by atoms with E-state index in [1.807, 2.05) is 6.92 Å². The summed E-state index contributed by atoms with van der Waals surface area (Å²) in [7, 11) is 3.43. The standard InChI is InChI=1S/C21H38N2O5.ClH/c1-4-27-19(24)16-7-9-18(10-8-16)28-21(22-12-5-6-13-22)23-14-11-17(15-23)20(25-2)26-3;/h16-18,20-21H,4-15H2,1-3H3;1H/t16?,17-,18?,21?;/m0./s1. The van der Waals surface area contributed by atoms with Gasteiger partial charge in [0.15, 0.2) is 12.6 Å². The predicted octanol–water partition coefficient (Wildman–Crippen LogP) is 2.87. The van der Waals surface area contributed by atoms with Gasteiger partial charge in [0.1, 0.15) is 0 Å². The summed E-state index contributed by atoms with van der Waals surface area (Å²) in [5.41, 5.74) is 0. The summed E-state index contributed by atoms with van der Waals surface area (Å²) in [5, 5.41) is 0. The van der Waals surface area contributed by atoms with Crippen LogP contribution in [0.2, 0.25) is 0 Å². The molecule has 3 fully saturated rings. The molecule has 2 aliphatic heterocycles. The first-order valence-corrected chi connectivity index (χ1v) is 11.0. The van der Waals surface area contributed by atoms with Crippen LogP contribution in [0.1, 0.15) is 51.9 Å². The van der Waals surface area contributed by atoms with Gasteiger partial charge >= 0.3 is 5.97 Å². The van der Waals surface area contributed by atoms with E-state index in [1.54, 1.807) is 14.2 Å². The van der Waals surface area contributed by atoms with Crippen LogP contribution in [0.4, 0.5) is 0 Å². The zero-order chi connectivity index (χ0) is 19.9. The third-order valence-electron chi connectivity index (χ3n) is 6.48. The van der Waals surface area contributed by atoms with E-state index >= 15 is 0 Å². The smallest absolute Gasteiger partial charge is 0.308 e. The van der Waals surface area contributed by atoms with Crippen molar-refractivity contribution in [3.63, 3.8) is 0 Å². The Kier molecular flexibility index (Phi) is 10.6. The van der Waals surface area contributed by atoms with Crippen molar-refractivity contribution in [3.8, 4) is 0 Å². The van der Waals surface area contributed by atoms with Gasteiger partial charge in [-0.05, 0) is 51.9 Å². The Bertz CT molecular complexity index is 480. The zero-order valence-electron chi connectivity index (χ0n) is 18.2. The van der Waals surface area contributed by atoms with Gasteiger partial charge in [0, 0.05) is 46.3 Å². The lowest BCUT2D eigenvalue weighted by Crippen LogP contribution is -2.50. The fourth-order valence-electron chi connectivity index (χ4n) is 4.95. The zero-order valence-corrected chi connectivity index (χ0v) is 19.0. The van der Waals surface area contributed by atoms with Gasteiger partial charge in [-0.1, -0.05) is 0 Å². The Labute approximate surface area is 181 Å². The van der Waals surface area contributed by atoms with E-state index in [9.17, 15) is 4.79 Å². The van der Waals surface area contributed by atoms with Gasteiger partial charge in [-0.3, -0.25) is 14.6 Å². The number of methoxy groups -OCH3 is 2. The van der Waals surface area contributed by atoms with Gasteiger partial charge in [-0.25, -0.2) is 0 Å². The van der Waals surface area contributed by atoms with E-state index in [0.717, 1.165) is 58.3 Å². The topological polar surface area (TPSA) is 60.5 Å². The van der Waals surface area contributed by atoms with Crippen LogP contribution in [-0.2, 0) is 23.7 Å². The largest absolute Gasteiger partial charge is 0.466 e. The molecule has 7 nitrogen and oxygen atoms in total. The first-order chi connectivity index (χ1) is 13.7. The number of rotatable bonds is 9. The Balaban J connectivity index is 0.00000300. The summed E-state index contributed by atoms with van der Waals surface area (Å²) < 4.78 is 22.8. The van der Waals surface area contributed by atoms with Crippen molar-refractivity contribution in [3.05, 3.63) is 0 Å². The number of carbonyl (C=O) groups excluding carboxylic acids is 1. The summed E-state index contributed by atoms with van der Waals surface area (Å²) in [5.74, 6) is 0.387. The molecule has 0 radical (unpaired) electrons. The fraction of sp³-hybridized carbons (Fsp3) is 0.952. The number of likely N-dealkylation sites (tertiary alicyclic amines) is 2. The van der Waals surface area contributed by atoms with Crippen molar-refractivity contribution in [1.82, 2.24) is 9.80 Å². The Morgan fingerprint density at radius 1 is 0.966 bits per heavy atom. The molecule has 1 aliphatic carbocycles.